The molecule has 4 amide bonds. The van der Waals surface area contributed by atoms with Gasteiger partial charge in [0.05, 0.1) is 29.6 Å². The number of methoxy groups -OCH3 is 1. The van der Waals surface area contributed by atoms with Crippen molar-refractivity contribution in [2.75, 3.05) is 13.7 Å². The lowest BCUT2D eigenvalue weighted by Gasteiger charge is -2.36. The van der Waals surface area contributed by atoms with Crippen molar-refractivity contribution in [3.05, 3.63) is 103 Å². The predicted octanol–water partition coefficient (Wildman–Crippen LogP) is 6.51. The summed E-state index contributed by atoms with van der Waals surface area (Å²) in [6, 6.07) is 24.0. The van der Waals surface area contributed by atoms with Gasteiger partial charge >= 0.3 is 0 Å². The number of aromatic nitrogens is 1. The van der Waals surface area contributed by atoms with Crippen LogP contribution in [-0.2, 0) is 35.6 Å². The van der Waals surface area contributed by atoms with Crippen molar-refractivity contribution in [2.45, 2.75) is 109 Å². The zero-order chi connectivity index (χ0) is 45.5. The van der Waals surface area contributed by atoms with Gasteiger partial charge in [-0.3, -0.25) is 23.9 Å². The van der Waals surface area contributed by atoms with Gasteiger partial charge in [0.2, 0.25) is 27.7 Å². The van der Waals surface area contributed by atoms with E-state index in [9.17, 15) is 27.6 Å². The van der Waals surface area contributed by atoms with Crippen LogP contribution in [0.2, 0.25) is 0 Å². The van der Waals surface area contributed by atoms with Gasteiger partial charge in [0.15, 0.2) is 0 Å². The Balaban J connectivity index is 1.20. The average Bonchev–Trinajstić information content (AvgIpc) is 4.13. The van der Waals surface area contributed by atoms with Crippen LogP contribution < -0.4 is 24.8 Å². The largest absolute Gasteiger partial charge is 0.497 e. The third-order valence-electron chi connectivity index (χ3n) is 12.3. The minimum atomic E-state index is -4.16. The fourth-order valence-corrected chi connectivity index (χ4v) is 10.2. The number of nitrogens with one attached hydrogen (secondary N) is 3. The molecule has 2 heterocycles. The molecule has 5 atom stereocenters. The first-order valence-corrected chi connectivity index (χ1v) is 23.0. The van der Waals surface area contributed by atoms with Gasteiger partial charge in [0.25, 0.3) is 5.91 Å². The highest BCUT2D eigenvalue weighted by atomic mass is 32.2. The summed E-state index contributed by atoms with van der Waals surface area (Å²) in [6.07, 6.45) is 2.16. The van der Waals surface area contributed by atoms with Crippen molar-refractivity contribution in [2.24, 2.45) is 16.7 Å². The molecule has 2 aliphatic carbocycles. The smallest absolute Gasteiger partial charge is 0.259 e. The Morgan fingerprint density at radius 2 is 1.62 bits per heavy atom. The van der Waals surface area contributed by atoms with E-state index in [2.05, 4.69) is 21.9 Å². The van der Waals surface area contributed by atoms with Gasteiger partial charge < -0.3 is 25.0 Å². The molecule has 3 aromatic carbocycles. The number of hydrogen-bond acceptors (Lipinski definition) is 9. The summed E-state index contributed by atoms with van der Waals surface area (Å²) >= 11 is 0. The normalized spacial score (nSPS) is 22.1. The summed E-state index contributed by atoms with van der Waals surface area (Å²) in [4.78, 5) is 63.6. The van der Waals surface area contributed by atoms with Crippen LogP contribution in [0.5, 0.6) is 11.5 Å². The van der Waals surface area contributed by atoms with Gasteiger partial charge in [0.1, 0.15) is 35.2 Å². The highest BCUT2D eigenvalue weighted by Crippen LogP contribution is 2.49. The van der Waals surface area contributed by atoms with Crippen LogP contribution >= 0.6 is 0 Å². The van der Waals surface area contributed by atoms with Crippen molar-refractivity contribution >= 4 is 44.6 Å². The summed E-state index contributed by atoms with van der Waals surface area (Å²) in [5.74, 6) is -1.77. The van der Waals surface area contributed by atoms with Crippen molar-refractivity contribution in [3.8, 4) is 22.8 Å². The maximum atomic E-state index is 14.9. The van der Waals surface area contributed by atoms with Gasteiger partial charge in [0, 0.05) is 41.8 Å². The lowest BCUT2D eigenvalue weighted by Crippen LogP contribution is -2.60. The summed E-state index contributed by atoms with van der Waals surface area (Å²) in [5.41, 5.74) is 0.217. The van der Waals surface area contributed by atoms with E-state index in [1.54, 1.807) is 13.2 Å². The molecule has 1 saturated heterocycles. The number of fused-ring (bicyclic) bond motifs is 1. The number of hydrogen-bond donors (Lipinski definition) is 3. The molecule has 0 unspecified atom stereocenters. The van der Waals surface area contributed by atoms with E-state index in [0.717, 1.165) is 11.1 Å². The standard InChI is InChI=1S/C49H59N5O8S/c1-9-33-28-49(33,45(58)53-63(59,60)48(22-23-48)27-31-16-12-10-13-17-31)52-43(56)39-25-35(30-54(39)44(57)42(47(5,6)7)51-41(55)29-46(2,3)4)62-40-26-37(32-18-14-11-15-19-32)50-38-24-34(61-8)20-21-36(38)40/h9-21,24,26,33,35,39,42H,1,22-23,25,27-30H2,2-8H3,(H,51,55)(H,52,56)(H,53,58)/t33-,35-,39+,42-,49-/m1/s1. The minimum Gasteiger partial charge on any atom is -0.497 e. The summed E-state index contributed by atoms with van der Waals surface area (Å²) in [5, 5.41) is 6.55. The second-order valence-electron chi connectivity index (χ2n) is 19.6. The topological polar surface area (TPSA) is 173 Å². The number of rotatable bonds is 15. The fourth-order valence-electron chi connectivity index (χ4n) is 8.53. The van der Waals surface area contributed by atoms with Gasteiger partial charge in [-0.25, -0.2) is 13.4 Å². The number of benzene rings is 3. The maximum absolute atomic E-state index is 14.9. The first kappa shape index (κ1) is 45.3. The van der Waals surface area contributed by atoms with Crippen molar-refractivity contribution in [1.29, 1.82) is 0 Å². The van der Waals surface area contributed by atoms with Crippen molar-refractivity contribution in [1.82, 2.24) is 25.2 Å². The number of nitrogens with zero attached hydrogens (tertiary/aromatic N) is 2. The molecule has 2 saturated carbocycles. The monoisotopic (exact) mass is 877 g/mol. The number of carbonyl (C=O) groups excluding carboxylic acids is 4. The minimum absolute atomic E-state index is 0.0277. The molecule has 3 N–H and O–H groups in total. The zero-order valence-electron chi connectivity index (χ0n) is 37.2. The van der Waals surface area contributed by atoms with E-state index in [4.69, 9.17) is 14.5 Å². The van der Waals surface area contributed by atoms with Crippen LogP contribution in [0.25, 0.3) is 22.2 Å². The Kier molecular flexibility index (Phi) is 12.3. The van der Waals surface area contributed by atoms with E-state index in [-0.39, 0.29) is 43.6 Å². The maximum Gasteiger partial charge on any atom is 0.259 e. The highest BCUT2D eigenvalue weighted by molar-refractivity contribution is 7.91. The van der Waals surface area contributed by atoms with E-state index in [1.807, 2.05) is 120 Å². The number of pyridine rings is 1. The molecule has 334 valence electrons. The van der Waals surface area contributed by atoms with Crippen molar-refractivity contribution < 1.29 is 37.1 Å². The SMILES string of the molecule is C=C[C@@H]1C[C@]1(NC(=O)[C@@H]1C[C@@H](Oc2cc(-c3ccccc3)nc3cc(OC)ccc23)CN1C(=O)[C@@H](NC(=O)CC(C)(C)C)C(C)(C)C)C(=O)NS(=O)(=O)C1(Cc2ccccc2)CC1. The summed E-state index contributed by atoms with van der Waals surface area (Å²) < 4.78 is 41.3. The molecule has 7 rings (SSSR count). The summed E-state index contributed by atoms with van der Waals surface area (Å²) in [6.45, 7) is 15.2. The second-order valence-corrected chi connectivity index (χ2v) is 21.7. The van der Waals surface area contributed by atoms with Crippen LogP contribution in [0, 0.1) is 16.7 Å². The van der Waals surface area contributed by atoms with E-state index >= 15 is 0 Å². The number of carbonyl (C=O) groups is 4. The van der Waals surface area contributed by atoms with Gasteiger partial charge in [-0.2, -0.15) is 0 Å². The third kappa shape index (κ3) is 9.75. The van der Waals surface area contributed by atoms with Crippen molar-refractivity contribution in [3.63, 3.8) is 0 Å². The van der Waals surface area contributed by atoms with E-state index in [1.165, 1.54) is 11.0 Å². The van der Waals surface area contributed by atoms with E-state index < -0.39 is 67.6 Å². The Bertz CT molecular complexity index is 2510. The predicted molar refractivity (Wildman–Crippen MR) is 242 cm³/mol. The molecule has 3 fully saturated rings. The molecule has 14 heteroatoms. The van der Waals surface area contributed by atoms with Crippen LogP contribution in [-0.4, -0.2) is 84.1 Å². The first-order valence-electron chi connectivity index (χ1n) is 21.5. The molecular formula is C49H59N5O8S. The van der Waals surface area contributed by atoms with Gasteiger partial charge in [-0.1, -0.05) is 108 Å². The average molecular weight is 878 g/mol. The Morgan fingerprint density at radius 1 is 0.952 bits per heavy atom. The number of likely N-dealkylation sites (tertiary alicyclic amines) is 1. The summed E-state index contributed by atoms with van der Waals surface area (Å²) in [7, 11) is -2.59. The molecule has 13 nitrogen and oxygen atoms in total. The fraction of sp³-hybridized carbons (Fsp3) is 0.449. The molecule has 0 bridgehead atoms. The third-order valence-corrected chi connectivity index (χ3v) is 14.5. The lowest BCUT2D eigenvalue weighted by atomic mass is 9.84. The Hall–Kier alpha value is -5.76. The highest BCUT2D eigenvalue weighted by Gasteiger charge is 2.63. The number of ether oxygens (including phenoxy) is 2. The molecule has 1 aromatic heterocycles. The lowest BCUT2D eigenvalue weighted by molar-refractivity contribution is -0.144. The van der Waals surface area contributed by atoms with E-state index in [0.29, 0.717) is 40.9 Å². The van der Waals surface area contributed by atoms with Crippen LogP contribution in [0.15, 0.2) is 97.6 Å². The van der Waals surface area contributed by atoms with Crippen LogP contribution in [0.1, 0.15) is 79.2 Å². The molecule has 1 aliphatic heterocycles. The number of sulfonamides is 1. The van der Waals surface area contributed by atoms with Gasteiger partial charge in [-0.05, 0) is 54.2 Å². The van der Waals surface area contributed by atoms with Crippen LogP contribution in [0.4, 0.5) is 0 Å². The second kappa shape index (κ2) is 17.1. The first-order chi connectivity index (χ1) is 29.7. The number of amides is 4. The van der Waals surface area contributed by atoms with Crippen LogP contribution in [0.3, 0.4) is 0 Å². The zero-order valence-corrected chi connectivity index (χ0v) is 38.0. The Labute approximate surface area is 370 Å². The van der Waals surface area contributed by atoms with Gasteiger partial charge in [-0.15, -0.1) is 6.58 Å². The molecule has 0 radical (unpaired) electrons. The molecular weight excluding hydrogens is 819 g/mol. The quantitative estimate of drug-likeness (QED) is 0.113. The Morgan fingerprint density at radius 3 is 2.21 bits per heavy atom. The molecule has 4 aromatic rings. The molecule has 63 heavy (non-hydrogen) atoms. The molecule has 3 aliphatic rings. The molecule has 0 spiro atoms.